The zero-order chi connectivity index (χ0) is 25.7. The minimum absolute atomic E-state index is 0.678. The smallest absolute Gasteiger partial charge is 0.0681 e. The molecule has 2 aromatic rings. The topological polar surface area (TPSA) is 9.23 Å². The van der Waals surface area contributed by atoms with Gasteiger partial charge in [-0.15, -0.1) is 0 Å². The first kappa shape index (κ1) is 27.9. The maximum absolute atomic E-state index is 6.18. The van der Waals surface area contributed by atoms with Crippen molar-refractivity contribution in [1.82, 2.24) is 0 Å². The van der Waals surface area contributed by atoms with Crippen LogP contribution in [0.25, 0.3) is 0 Å². The molecule has 0 spiro atoms. The number of aryl methyl sites for hydroxylation is 2. The zero-order valence-corrected chi connectivity index (χ0v) is 23.7. The van der Waals surface area contributed by atoms with Crippen molar-refractivity contribution < 1.29 is 4.74 Å². The quantitative estimate of drug-likeness (QED) is 0.186. The molecule has 2 aromatic carbocycles. The molecule has 2 atom stereocenters. The van der Waals surface area contributed by atoms with Gasteiger partial charge in [0.25, 0.3) is 0 Å². The minimum Gasteiger partial charge on any atom is -0.373 e. The third-order valence-electron chi connectivity index (χ3n) is 8.63. The van der Waals surface area contributed by atoms with Crippen LogP contribution in [-0.4, -0.2) is 13.2 Å². The van der Waals surface area contributed by atoms with Gasteiger partial charge < -0.3 is 4.74 Å². The van der Waals surface area contributed by atoms with E-state index in [1.165, 1.54) is 110 Å². The summed E-state index contributed by atoms with van der Waals surface area (Å²) in [6, 6.07) is 19.0. The van der Waals surface area contributed by atoms with E-state index in [4.69, 9.17) is 4.74 Å². The number of allylic oxidation sites excluding steroid dienone is 2. The molecule has 4 rings (SSSR count). The molecule has 0 aliphatic heterocycles. The van der Waals surface area contributed by atoms with Crippen LogP contribution in [-0.2, 0) is 17.6 Å². The molecule has 1 heteroatoms. The average molecular weight is 499 g/mol. The molecule has 0 heterocycles. The maximum atomic E-state index is 6.18. The number of hydrogen-bond donors (Lipinski definition) is 0. The molecule has 0 aromatic heterocycles. The molecule has 0 saturated carbocycles. The number of hydrogen-bond acceptors (Lipinski definition) is 1. The second kappa shape index (κ2) is 15.3. The summed E-state index contributed by atoms with van der Waals surface area (Å²) in [5.41, 5.74) is 9.03. The summed E-state index contributed by atoms with van der Waals surface area (Å²) in [5, 5.41) is 0. The Morgan fingerprint density at radius 2 is 1.03 bits per heavy atom. The van der Waals surface area contributed by atoms with Crippen molar-refractivity contribution in [3.63, 3.8) is 0 Å². The van der Waals surface area contributed by atoms with Gasteiger partial charge in [0.15, 0.2) is 0 Å². The number of ether oxygens (including phenoxy) is 1. The Labute approximate surface area is 227 Å². The highest BCUT2D eigenvalue weighted by atomic mass is 16.5. The van der Waals surface area contributed by atoms with Crippen LogP contribution >= 0.6 is 0 Å². The van der Waals surface area contributed by atoms with Crippen molar-refractivity contribution in [2.24, 2.45) is 0 Å². The van der Waals surface area contributed by atoms with Crippen LogP contribution in [0.15, 0.2) is 71.8 Å². The van der Waals surface area contributed by atoms with Crippen molar-refractivity contribution >= 4 is 0 Å². The van der Waals surface area contributed by atoms with Gasteiger partial charge in [-0.2, -0.15) is 0 Å². The lowest BCUT2D eigenvalue weighted by Gasteiger charge is -2.24. The molecule has 37 heavy (non-hydrogen) atoms. The van der Waals surface area contributed by atoms with Crippen LogP contribution in [0.2, 0.25) is 0 Å². The van der Waals surface area contributed by atoms with Crippen LogP contribution < -0.4 is 0 Å². The normalized spacial score (nSPS) is 19.9. The van der Waals surface area contributed by atoms with Gasteiger partial charge in [0, 0.05) is 0 Å². The Morgan fingerprint density at radius 1 is 0.595 bits per heavy atom. The fraction of sp³-hybridized carbons (Fsp3) is 0.556. The Kier molecular flexibility index (Phi) is 11.6. The second-order valence-corrected chi connectivity index (χ2v) is 11.6. The van der Waals surface area contributed by atoms with Gasteiger partial charge in [-0.05, 0) is 109 Å². The summed E-state index contributed by atoms with van der Waals surface area (Å²) >= 11 is 0. The Bertz CT molecular complexity index is 897. The van der Waals surface area contributed by atoms with E-state index in [0.29, 0.717) is 11.8 Å². The Balaban J connectivity index is 1.15. The molecule has 2 aliphatic rings. The molecule has 0 saturated heterocycles. The van der Waals surface area contributed by atoms with Crippen LogP contribution in [0, 0.1) is 0 Å². The SMILES string of the molecule is CCCCCc1ccc(C2CC=C(COCC3=CCC(c4ccc(CCCCC)cc4)CC3)CC2)cc1. The molecule has 0 fully saturated rings. The highest BCUT2D eigenvalue weighted by Crippen LogP contribution is 2.34. The molecule has 2 aliphatic carbocycles. The predicted octanol–water partition coefficient (Wildman–Crippen LogP) is 10.3. The third-order valence-corrected chi connectivity index (χ3v) is 8.63. The van der Waals surface area contributed by atoms with E-state index in [9.17, 15) is 0 Å². The van der Waals surface area contributed by atoms with E-state index in [2.05, 4.69) is 74.5 Å². The van der Waals surface area contributed by atoms with Crippen LogP contribution in [0.4, 0.5) is 0 Å². The van der Waals surface area contributed by atoms with Crippen molar-refractivity contribution in [3.05, 3.63) is 94.1 Å². The zero-order valence-electron chi connectivity index (χ0n) is 23.7. The summed E-state index contributed by atoms with van der Waals surface area (Å²) in [5.74, 6) is 1.36. The summed E-state index contributed by atoms with van der Waals surface area (Å²) in [6.07, 6.45) is 22.5. The molecule has 1 nitrogen and oxygen atoms in total. The van der Waals surface area contributed by atoms with Gasteiger partial charge in [-0.3, -0.25) is 0 Å². The van der Waals surface area contributed by atoms with E-state index in [-0.39, 0.29) is 0 Å². The predicted molar refractivity (Wildman–Crippen MR) is 160 cm³/mol. The highest BCUT2D eigenvalue weighted by molar-refractivity contribution is 5.29. The molecular weight excluding hydrogens is 448 g/mol. The lowest BCUT2D eigenvalue weighted by Crippen LogP contribution is -2.11. The standard InChI is InChI=1S/C36H50O/c1-3-5-7-9-29-11-19-33(20-12-29)35-23-15-31(16-24-35)27-37-28-32-17-25-36(26-18-32)34-21-13-30(14-22-34)10-8-6-4-2/h11-15,17,19-22,35-36H,3-10,16,18,23-28H2,1-2H3. The largest absolute Gasteiger partial charge is 0.373 e. The van der Waals surface area contributed by atoms with E-state index in [1.807, 2.05) is 0 Å². The molecule has 0 radical (unpaired) electrons. The van der Waals surface area contributed by atoms with E-state index >= 15 is 0 Å². The van der Waals surface area contributed by atoms with Gasteiger partial charge in [-0.25, -0.2) is 0 Å². The summed E-state index contributed by atoms with van der Waals surface area (Å²) in [7, 11) is 0. The van der Waals surface area contributed by atoms with E-state index in [1.54, 1.807) is 0 Å². The van der Waals surface area contributed by atoms with Crippen molar-refractivity contribution in [3.8, 4) is 0 Å². The van der Waals surface area contributed by atoms with Crippen molar-refractivity contribution in [1.29, 1.82) is 0 Å². The lowest BCUT2D eigenvalue weighted by atomic mass is 9.84. The second-order valence-electron chi connectivity index (χ2n) is 11.6. The summed E-state index contributed by atoms with van der Waals surface area (Å²) in [6.45, 7) is 6.17. The number of benzene rings is 2. The molecule has 2 unspecified atom stereocenters. The minimum atomic E-state index is 0.678. The molecule has 200 valence electrons. The van der Waals surface area contributed by atoms with Crippen LogP contribution in [0.1, 0.15) is 125 Å². The van der Waals surface area contributed by atoms with Crippen LogP contribution in [0.5, 0.6) is 0 Å². The highest BCUT2D eigenvalue weighted by Gasteiger charge is 2.18. The lowest BCUT2D eigenvalue weighted by molar-refractivity contribution is 0.172. The molecular formula is C36H50O. The first-order valence-electron chi connectivity index (χ1n) is 15.4. The van der Waals surface area contributed by atoms with Gasteiger partial charge in [-0.1, -0.05) is 100 Å². The average Bonchev–Trinajstić information content (AvgIpc) is 2.95. The van der Waals surface area contributed by atoms with Gasteiger partial charge >= 0.3 is 0 Å². The molecule has 0 amide bonds. The maximum Gasteiger partial charge on any atom is 0.0681 e. The Hall–Kier alpha value is -2.12. The molecule has 0 bridgehead atoms. The van der Waals surface area contributed by atoms with Crippen LogP contribution in [0.3, 0.4) is 0 Å². The van der Waals surface area contributed by atoms with Gasteiger partial charge in [0.2, 0.25) is 0 Å². The van der Waals surface area contributed by atoms with Crippen molar-refractivity contribution in [2.45, 2.75) is 116 Å². The fourth-order valence-corrected chi connectivity index (χ4v) is 6.03. The fourth-order valence-electron chi connectivity index (χ4n) is 6.03. The van der Waals surface area contributed by atoms with E-state index < -0.39 is 0 Å². The first-order valence-corrected chi connectivity index (χ1v) is 15.4. The third kappa shape index (κ3) is 8.99. The first-order chi connectivity index (χ1) is 18.2. The summed E-state index contributed by atoms with van der Waals surface area (Å²) < 4.78 is 6.18. The Morgan fingerprint density at radius 3 is 1.38 bits per heavy atom. The monoisotopic (exact) mass is 498 g/mol. The van der Waals surface area contributed by atoms with Crippen molar-refractivity contribution in [2.75, 3.05) is 13.2 Å². The van der Waals surface area contributed by atoms with Gasteiger partial charge in [0.05, 0.1) is 13.2 Å². The van der Waals surface area contributed by atoms with Gasteiger partial charge in [0.1, 0.15) is 0 Å². The molecule has 0 N–H and O–H groups in total. The summed E-state index contributed by atoms with van der Waals surface area (Å²) in [4.78, 5) is 0. The number of rotatable bonds is 14. The number of unbranched alkanes of at least 4 members (excludes halogenated alkanes) is 4. The van der Waals surface area contributed by atoms with E-state index in [0.717, 1.165) is 26.1 Å².